The summed E-state index contributed by atoms with van der Waals surface area (Å²) in [5.74, 6) is 1.24. The third kappa shape index (κ3) is 2.33. The zero-order chi connectivity index (χ0) is 10.7. The number of nitrogens with one attached hydrogen (secondary N) is 1. The van der Waals surface area contributed by atoms with Crippen molar-refractivity contribution in [3.8, 4) is 0 Å². The molecule has 3 N–H and O–H groups in total. The molecule has 1 aromatic rings. The fourth-order valence-corrected chi connectivity index (χ4v) is 1.27. The summed E-state index contributed by atoms with van der Waals surface area (Å²) in [6, 6.07) is -0.0284. The Kier molecular flexibility index (Phi) is 3.66. The van der Waals surface area contributed by atoms with Crippen molar-refractivity contribution >= 4 is 0 Å². The number of imidazole rings is 1. The predicted molar refractivity (Wildman–Crippen MR) is 55.8 cm³/mol. The fourth-order valence-electron chi connectivity index (χ4n) is 1.27. The van der Waals surface area contributed by atoms with Crippen LogP contribution in [0.4, 0.5) is 0 Å². The van der Waals surface area contributed by atoms with Crippen molar-refractivity contribution in [3.63, 3.8) is 0 Å². The van der Waals surface area contributed by atoms with Crippen LogP contribution in [0.1, 0.15) is 37.1 Å². The molecule has 0 saturated carbocycles. The molecule has 1 heterocycles. The van der Waals surface area contributed by atoms with Crippen molar-refractivity contribution in [3.05, 3.63) is 17.2 Å². The van der Waals surface area contributed by atoms with E-state index in [-0.39, 0.29) is 6.04 Å². The van der Waals surface area contributed by atoms with Gasteiger partial charge < -0.3 is 15.5 Å². The SMILES string of the molecule is COCc1nc(C(N)C(C)C)[nH]c1C. The molecule has 0 saturated heterocycles. The summed E-state index contributed by atoms with van der Waals surface area (Å²) >= 11 is 0. The molecule has 0 aromatic carbocycles. The number of rotatable bonds is 4. The van der Waals surface area contributed by atoms with E-state index in [2.05, 4.69) is 23.8 Å². The van der Waals surface area contributed by atoms with Crippen molar-refractivity contribution in [2.45, 2.75) is 33.4 Å². The van der Waals surface area contributed by atoms with Gasteiger partial charge in [-0.05, 0) is 12.8 Å². The minimum absolute atomic E-state index is 0.0284. The largest absolute Gasteiger partial charge is 0.378 e. The number of hydrogen-bond donors (Lipinski definition) is 2. The van der Waals surface area contributed by atoms with E-state index in [9.17, 15) is 0 Å². The fraction of sp³-hybridized carbons (Fsp3) is 0.700. The number of nitrogens with zero attached hydrogens (tertiary/aromatic N) is 1. The van der Waals surface area contributed by atoms with E-state index in [4.69, 9.17) is 10.5 Å². The summed E-state index contributed by atoms with van der Waals surface area (Å²) in [6.45, 7) is 6.68. The van der Waals surface area contributed by atoms with Crippen LogP contribution in [0.2, 0.25) is 0 Å². The first-order valence-corrected chi connectivity index (χ1v) is 4.86. The first-order chi connectivity index (χ1) is 6.56. The Morgan fingerprint density at radius 2 is 2.14 bits per heavy atom. The Morgan fingerprint density at radius 3 is 2.64 bits per heavy atom. The molecule has 80 valence electrons. The van der Waals surface area contributed by atoms with Gasteiger partial charge in [-0.15, -0.1) is 0 Å². The van der Waals surface area contributed by atoms with Crippen LogP contribution in [0.5, 0.6) is 0 Å². The molecule has 0 aliphatic rings. The average molecular weight is 197 g/mol. The van der Waals surface area contributed by atoms with Crippen LogP contribution >= 0.6 is 0 Å². The molecule has 1 unspecified atom stereocenters. The number of H-pyrrole nitrogens is 1. The van der Waals surface area contributed by atoms with Gasteiger partial charge in [0.1, 0.15) is 5.82 Å². The Balaban J connectivity index is 2.84. The van der Waals surface area contributed by atoms with E-state index in [1.54, 1.807) is 7.11 Å². The monoisotopic (exact) mass is 197 g/mol. The third-order valence-electron chi connectivity index (χ3n) is 2.32. The first-order valence-electron chi connectivity index (χ1n) is 4.86. The number of methoxy groups -OCH3 is 1. The van der Waals surface area contributed by atoms with Gasteiger partial charge in [-0.2, -0.15) is 0 Å². The van der Waals surface area contributed by atoms with Crippen LogP contribution in [-0.4, -0.2) is 17.1 Å². The quantitative estimate of drug-likeness (QED) is 0.769. The van der Waals surface area contributed by atoms with Gasteiger partial charge in [0.2, 0.25) is 0 Å². The van der Waals surface area contributed by atoms with Crippen LogP contribution in [0.15, 0.2) is 0 Å². The van der Waals surface area contributed by atoms with Gasteiger partial charge in [-0.25, -0.2) is 4.98 Å². The van der Waals surface area contributed by atoms with Crippen LogP contribution in [0.25, 0.3) is 0 Å². The minimum atomic E-state index is -0.0284. The highest BCUT2D eigenvalue weighted by molar-refractivity contribution is 5.14. The molecule has 14 heavy (non-hydrogen) atoms. The van der Waals surface area contributed by atoms with Crippen LogP contribution in [0.3, 0.4) is 0 Å². The lowest BCUT2D eigenvalue weighted by atomic mass is 10.1. The number of nitrogens with two attached hydrogens (primary N) is 1. The molecule has 1 atom stereocenters. The lowest BCUT2D eigenvalue weighted by Crippen LogP contribution is -2.18. The molecular weight excluding hydrogens is 178 g/mol. The van der Waals surface area contributed by atoms with Crippen molar-refractivity contribution < 1.29 is 4.74 Å². The summed E-state index contributed by atoms with van der Waals surface area (Å²) in [4.78, 5) is 7.61. The molecule has 4 nitrogen and oxygen atoms in total. The Bertz CT molecular complexity index is 294. The van der Waals surface area contributed by atoms with E-state index in [1.165, 1.54) is 0 Å². The van der Waals surface area contributed by atoms with Gasteiger partial charge >= 0.3 is 0 Å². The second-order valence-corrected chi connectivity index (χ2v) is 3.90. The van der Waals surface area contributed by atoms with E-state index < -0.39 is 0 Å². The molecule has 0 spiro atoms. The zero-order valence-electron chi connectivity index (χ0n) is 9.29. The summed E-state index contributed by atoms with van der Waals surface area (Å²) in [5.41, 5.74) is 7.96. The lowest BCUT2D eigenvalue weighted by Gasteiger charge is -2.11. The highest BCUT2D eigenvalue weighted by Crippen LogP contribution is 2.17. The smallest absolute Gasteiger partial charge is 0.123 e. The van der Waals surface area contributed by atoms with Gasteiger partial charge in [0.25, 0.3) is 0 Å². The molecule has 0 bridgehead atoms. The number of aromatic nitrogens is 2. The summed E-state index contributed by atoms with van der Waals surface area (Å²) < 4.78 is 5.04. The molecule has 1 rings (SSSR count). The second-order valence-electron chi connectivity index (χ2n) is 3.90. The van der Waals surface area contributed by atoms with Crippen LogP contribution < -0.4 is 5.73 Å². The van der Waals surface area contributed by atoms with Gasteiger partial charge in [-0.1, -0.05) is 13.8 Å². The molecule has 4 heteroatoms. The van der Waals surface area contributed by atoms with E-state index >= 15 is 0 Å². The van der Waals surface area contributed by atoms with Crippen LogP contribution in [0, 0.1) is 12.8 Å². The molecule has 0 aliphatic heterocycles. The Labute approximate surface area is 84.9 Å². The van der Waals surface area contributed by atoms with Gasteiger partial charge in [0.15, 0.2) is 0 Å². The van der Waals surface area contributed by atoms with Crippen molar-refractivity contribution in [1.82, 2.24) is 9.97 Å². The van der Waals surface area contributed by atoms with E-state index in [1.807, 2.05) is 6.92 Å². The molecular formula is C10H19N3O. The normalized spacial score (nSPS) is 13.6. The Morgan fingerprint density at radius 1 is 1.50 bits per heavy atom. The minimum Gasteiger partial charge on any atom is -0.378 e. The highest BCUT2D eigenvalue weighted by Gasteiger charge is 2.15. The Hall–Kier alpha value is -0.870. The van der Waals surface area contributed by atoms with Gasteiger partial charge in [-0.3, -0.25) is 0 Å². The molecule has 0 radical (unpaired) electrons. The summed E-state index contributed by atoms with van der Waals surface area (Å²) in [7, 11) is 1.66. The topological polar surface area (TPSA) is 63.9 Å². The number of aryl methyl sites for hydroxylation is 1. The predicted octanol–water partition coefficient (Wildman–Crippen LogP) is 1.52. The molecule has 0 amide bonds. The summed E-state index contributed by atoms with van der Waals surface area (Å²) in [5, 5.41) is 0. The maximum atomic E-state index is 5.98. The van der Waals surface area contributed by atoms with Crippen molar-refractivity contribution in [2.24, 2.45) is 11.7 Å². The third-order valence-corrected chi connectivity index (χ3v) is 2.32. The van der Waals surface area contributed by atoms with Gasteiger partial charge in [0, 0.05) is 12.8 Å². The van der Waals surface area contributed by atoms with E-state index in [0.29, 0.717) is 12.5 Å². The number of aromatic amines is 1. The standard InChI is InChI=1S/C10H19N3O/c1-6(2)9(11)10-12-7(3)8(13-10)5-14-4/h6,9H,5,11H2,1-4H3,(H,12,13). The maximum Gasteiger partial charge on any atom is 0.123 e. The van der Waals surface area contributed by atoms with Crippen molar-refractivity contribution in [2.75, 3.05) is 7.11 Å². The second kappa shape index (κ2) is 4.57. The van der Waals surface area contributed by atoms with Crippen molar-refractivity contribution in [1.29, 1.82) is 0 Å². The average Bonchev–Trinajstić information content (AvgIpc) is 2.47. The number of hydrogen-bond acceptors (Lipinski definition) is 3. The number of ether oxygens (including phenoxy) is 1. The summed E-state index contributed by atoms with van der Waals surface area (Å²) in [6.07, 6.45) is 0. The van der Waals surface area contributed by atoms with E-state index in [0.717, 1.165) is 17.2 Å². The van der Waals surface area contributed by atoms with Gasteiger partial charge in [0.05, 0.1) is 18.3 Å². The first kappa shape index (κ1) is 11.2. The lowest BCUT2D eigenvalue weighted by molar-refractivity contribution is 0.181. The molecule has 0 fully saturated rings. The zero-order valence-corrected chi connectivity index (χ0v) is 9.29. The molecule has 0 aliphatic carbocycles. The van der Waals surface area contributed by atoms with Crippen LogP contribution in [-0.2, 0) is 11.3 Å². The molecule has 1 aromatic heterocycles. The maximum absolute atomic E-state index is 5.98. The highest BCUT2D eigenvalue weighted by atomic mass is 16.5.